The molecule has 0 spiro atoms. The van der Waals surface area contributed by atoms with Crippen LogP contribution in [0.1, 0.15) is 32.1 Å². The Morgan fingerprint density at radius 1 is 1.08 bits per heavy atom. The summed E-state index contributed by atoms with van der Waals surface area (Å²) in [7, 11) is 0. The number of morpholine rings is 1. The summed E-state index contributed by atoms with van der Waals surface area (Å²) in [5, 5.41) is 2.84. The van der Waals surface area contributed by atoms with Gasteiger partial charge in [0.05, 0.1) is 25.5 Å². The molecule has 0 radical (unpaired) electrons. The normalized spacial score (nSPS) is 14.2. The Hall–Kier alpha value is -2.73. The van der Waals surface area contributed by atoms with Crippen LogP contribution in [0.5, 0.6) is 0 Å². The molecule has 1 aromatic carbocycles. The van der Waals surface area contributed by atoms with Crippen LogP contribution < -0.4 is 5.32 Å². The molecule has 6 heteroatoms. The maximum Gasteiger partial charge on any atom is 0.254 e. The Bertz CT molecular complexity index is 753. The molecule has 0 aliphatic carbocycles. The van der Waals surface area contributed by atoms with Crippen molar-refractivity contribution in [2.24, 2.45) is 0 Å². The Morgan fingerprint density at radius 2 is 1.76 bits per heavy atom. The molecule has 3 rings (SSSR count). The quantitative estimate of drug-likeness (QED) is 0.922. The number of ether oxygens (including phenoxy) is 1. The molecular formula is C19H21N3O3. The van der Waals surface area contributed by atoms with Crippen molar-refractivity contribution in [2.75, 3.05) is 26.3 Å². The van der Waals surface area contributed by atoms with Crippen LogP contribution in [0.3, 0.4) is 0 Å². The fraction of sp³-hybridized carbons (Fsp3) is 0.316. The number of hydrogen-bond acceptors (Lipinski definition) is 4. The number of amides is 2. The number of pyridine rings is 1. The summed E-state index contributed by atoms with van der Waals surface area (Å²) in [6, 6.07) is 12.4. The molecule has 0 saturated carbocycles. The van der Waals surface area contributed by atoms with Gasteiger partial charge in [0.25, 0.3) is 11.8 Å². The summed E-state index contributed by atoms with van der Waals surface area (Å²) in [6.07, 6.45) is 0. The molecule has 1 fully saturated rings. The molecule has 2 aromatic rings. The predicted molar refractivity (Wildman–Crippen MR) is 93.3 cm³/mol. The monoisotopic (exact) mass is 339 g/mol. The molecule has 0 unspecified atom stereocenters. The van der Waals surface area contributed by atoms with E-state index in [9.17, 15) is 9.59 Å². The van der Waals surface area contributed by atoms with Crippen molar-refractivity contribution in [3.8, 4) is 0 Å². The van der Waals surface area contributed by atoms with E-state index in [1.165, 1.54) is 0 Å². The van der Waals surface area contributed by atoms with Crippen LogP contribution in [-0.2, 0) is 11.3 Å². The second-order valence-corrected chi connectivity index (χ2v) is 5.93. The number of nitrogens with zero attached hydrogens (tertiary/aromatic N) is 2. The van der Waals surface area contributed by atoms with Crippen molar-refractivity contribution < 1.29 is 14.3 Å². The predicted octanol–water partition coefficient (Wildman–Crippen LogP) is 1.79. The molecular weight excluding hydrogens is 318 g/mol. The van der Waals surface area contributed by atoms with Gasteiger partial charge in [0.1, 0.15) is 0 Å². The van der Waals surface area contributed by atoms with Gasteiger partial charge in [0, 0.05) is 29.9 Å². The number of aromatic nitrogens is 1. The first-order chi connectivity index (χ1) is 12.1. The molecule has 6 nitrogen and oxygen atoms in total. The van der Waals surface area contributed by atoms with Gasteiger partial charge in [0.15, 0.2) is 0 Å². The number of carbonyl (C=O) groups excluding carboxylic acids is 2. The summed E-state index contributed by atoms with van der Waals surface area (Å²) in [4.78, 5) is 30.7. The minimum absolute atomic E-state index is 0.0285. The van der Waals surface area contributed by atoms with E-state index < -0.39 is 0 Å². The van der Waals surface area contributed by atoms with Crippen molar-refractivity contribution in [1.82, 2.24) is 15.2 Å². The molecule has 2 amide bonds. The third-order valence-electron chi connectivity index (χ3n) is 4.07. The zero-order chi connectivity index (χ0) is 17.6. The zero-order valence-corrected chi connectivity index (χ0v) is 14.2. The first-order valence-electron chi connectivity index (χ1n) is 8.31. The lowest BCUT2D eigenvalue weighted by molar-refractivity contribution is 0.0303. The van der Waals surface area contributed by atoms with Gasteiger partial charge in [-0.1, -0.05) is 6.07 Å². The third-order valence-corrected chi connectivity index (χ3v) is 4.07. The van der Waals surface area contributed by atoms with Gasteiger partial charge < -0.3 is 15.0 Å². The molecule has 1 aromatic heterocycles. The van der Waals surface area contributed by atoms with Crippen molar-refractivity contribution in [3.63, 3.8) is 0 Å². The topological polar surface area (TPSA) is 71.5 Å². The zero-order valence-electron chi connectivity index (χ0n) is 14.2. The van der Waals surface area contributed by atoms with Gasteiger partial charge in [-0.2, -0.15) is 0 Å². The highest BCUT2D eigenvalue weighted by atomic mass is 16.5. The average Bonchev–Trinajstić information content (AvgIpc) is 2.66. The Labute approximate surface area is 146 Å². The van der Waals surface area contributed by atoms with Crippen LogP contribution in [0.25, 0.3) is 0 Å². The van der Waals surface area contributed by atoms with E-state index in [0.29, 0.717) is 44.0 Å². The van der Waals surface area contributed by atoms with Crippen molar-refractivity contribution in [1.29, 1.82) is 0 Å². The molecule has 0 atom stereocenters. The van der Waals surface area contributed by atoms with Gasteiger partial charge >= 0.3 is 0 Å². The van der Waals surface area contributed by atoms with Crippen molar-refractivity contribution in [3.05, 3.63) is 65.0 Å². The van der Waals surface area contributed by atoms with Gasteiger partial charge in [-0.05, 0) is 43.3 Å². The van der Waals surface area contributed by atoms with Gasteiger partial charge in [0.2, 0.25) is 0 Å². The fourth-order valence-electron chi connectivity index (χ4n) is 2.68. The second-order valence-electron chi connectivity index (χ2n) is 5.93. The smallest absolute Gasteiger partial charge is 0.254 e. The Balaban J connectivity index is 1.59. The van der Waals surface area contributed by atoms with Crippen LogP contribution >= 0.6 is 0 Å². The highest BCUT2D eigenvalue weighted by Crippen LogP contribution is 2.10. The standard InChI is InChI=1S/C19H21N3O3/c1-14-3-2-4-17(21-14)13-20-18(23)15-5-7-16(8-6-15)19(24)22-9-11-25-12-10-22/h2-8H,9-13H2,1H3,(H,20,23). The van der Waals surface area contributed by atoms with Crippen LogP contribution in [0, 0.1) is 6.92 Å². The number of carbonyl (C=O) groups is 2. The van der Waals surface area contributed by atoms with Crippen LogP contribution in [-0.4, -0.2) is 48.0 Å². The van der Waals surface area contributed by atoms with E-state index in [0.717, 1.165) is 11.4 Å². The van der Waals surface area contributed by atoms with Crippen molar-refractivity contribution >= 4 is 11.8 Å². The lowest BCUT2D eigenvalue weighted by atomic mass is 10.1. The van der Waals surface area contributed by atoms with E-state index >= 15 is 0 Å². The van der Waals surface area contributed by atoms with E-state index in [4.69, 9.17) is 4.74 Å². The minimum Gasteiger partial charge on any atom is -0.378 e. The molecule has 1 aliphatic rings. The highest BCUT2D eigenvalue weighted by molar-refractivity contribution is 5.97. The summed E-state index contributed by atoms with van der Waals surface area (Å²) >= 11 is 0. The average molecular weight is 339 g/mol. The minimum atomic E-state index is -0.186. The highest BCUT2D eigenvalue weighted by Gasteiger charge is 2.18. The summed E-state index contributed by atoms with van der Waals surface area (Å²) < 4.78 is 5.26. The van der Waals surface area contributed by atoms with Gasteiger partial charge in [-0.15, -0.1) is 0 Å². The Kier molecular flexibility index (Phi) is 5.40. The largest absolute Gasteiger partial charge is 0.378 e. The van der Waals surface area contributed by atoms with E-state index in [1.807, 2.05) is 25.1 Å². The van der Waals surface area contributed by atoms with E-state index in [2.05, 4.69) is 10.3 Å². The summed E-state index contributed by atoms with van der Waals surface area (Å²) in [5.41, 5.74) is 2.83. The second kappa shape index (κ2) is 7.90. The number of aryl methyl sites for hydroxylation is 1. The molecule has 2 heterocycles. The molecule has 1 saturated heterocycles. The van der Waals surface area contributed by atoms with Gasteiger partial charge in [-0.3, -0.25) is 14.6 Å². The van der Waals surface area contributed by atoms with E-state index in [1.54, 1.807) is 29.2 Å². The maximum absolute atomic E-state index is 12.4. The lowest BCUT2D eigenvalue weighted by Gasteiger charge is -2.26. The number of benzene rings is 1. The van der Waals surface area contributed by atoms with Crippen LogP contribution in [0.2, 0.25) is 0 Å². The van der Waals surface area contributed by atoms with Crippen molar-refractivity contribution in [2.45, 2.75) is 13.5 Å². The maximum atomic E-state index is 12.4. The first kappa shape index (κ1) is 17.1. The fourth-order valence-corrected chi connectivity index (χ4v) is 2.68. The lowest BCUT2D eigenvalue weighted by Crippen LogP contribution is -2.40. The summed E-state index contributed by atoms with van der Waals surface area (Å²) in [5.74, 6) is -0.215. The molecule has 0 bridgehead atoms. The van der Waals surface area contributed by atoms with Crippen LogP contribution in [0.15, 0.2) is 42.5 Å². The number of hydrogen-bond donors (Lipinski definition) is 1. The van der Waals surface area contributed by atoms with E-state index in [-0.39, 0.29) is 11.8 Å². The summed E-state index contributed by atoms with van der Waals surface area (Å²) in [6.45, 7) is 4.62. The van der Waals surface area contributed by atoms with Crippen LogP contribution in [0.4, 0.5) is 0 Å². The molecule has 130 valence electrons. The SMILES string of the molecule is Cc1cccc(CNC(=O)c2ccc(C(=O)N3CCOCC3)cc2)n1. The first-order valence-corrected chi connectivity index (χ1v) is 8.31. The molecule has 1 N–H and O–H groups in total. The number of nitrogens with one attached hydrogen (secondary N) is 1. The number of rotatable bonds is 4. The molecule has 1 aliphatic heterocycles. The Morgan fingerprint density at radius 3 is 2.44 bits per heavy atom. The molecule has 25 heavy (non-hydrogen) atoms. The van der Waals surface area contributed by atoms with Gasteiger partial charge in [-0.25, -0.2) is 0 Å². The third kappa shape index (κ3) is 4.42.